The van der Waals surface area contributed by atoms with Gasteiger partial charge in [0.2, 0.25) is 0 Å². The lowest BCUT2D eigenvalue weighted by Crippen LogP contribution is -2.40. The highest BCUT2D eigenvalue weighted by Crippen LogP contribution is 2.30. The molecule has 4 nitrogen and oxygen atoms in total. The molecule has 5 rings (SSSR count). The van der Waals surface area contributed by atoms with E-state index in [0.29, 0.717) is 32.3 Å². The fourth-order valence-corrected chi connectivity index (χ4v) is 4.88. The van der Waals surface area contributed by atoms with Crippen molar-refractivity contribution in [3.8, 4) is 5.75 Å². The van der Waals surface area contributed by atoms with E-state index in [2.05, 4.69) is 96.3 Å². The monoisotopic (exact) mass is 481 g/mol. The van der Waals surface area contributed by atoms with Crippen LogP contribution in [0.4, 0.5) is 0 Å². The molecule has 2 atom stereocenters. The summed E-state index contributed by atoms with van der Waals surface area (Å²) in [5, 5.41) is 6.03. The van der Waals surface area contributed by atoms with Crippen LogP contribution in [0.1, 0.15) is 29.0 Å². The number of fused-ring (bicyclic) bond motifs is 1. The van der Waals surface area contributed by atoms with Crippen LogP contribution in [-0.2, 0) is 22.5 Å². The minimum Gasteiger partial charge on any atom is -0.491 e. The molecule has 186 valence electrons. The smallest absolute Gasteiger partial charge is 0.119 e. The third-order valence-electron chi connectivity index (χ3n) is 6.89. The van der Waals surface area contributed by atoms with Gasteiger partial charge in [-0.3, -0.25) is 0 Å². The Morgan fingerprint density at radius 2 is 1.53 bits per heavy atom. The molecule has 1 aliphatic rings. The van der Waals surface area contributed by atoms with Crippen LogP contribution in [0, 0.1) is 0 Å². The topological polar surface area (TPSA) is 39.7 Å². The fraction of sp³-hybridized carbons (Fsp3) is 0.312. The summed E-state index contributed by atoms with van der Waals surface area (Å²) in [7, 11) is 0. The van der Waals surface area contributed by atoms with E-state index in [9.17, 15) is 0 Å². The van der Waals surface area contributed by atoms with Crippen LogP contribution in [0.3, 0.4) is 0 Å². The summed E-state index contributed by atoms with van der Waals surface area (Å²) in [4.78, 5) is 0. The van der Waals surface area contributed by atoms with Crippen LogP contribution in [-0.4, -0.2) is 39.0 Å². The van der Waals surface area contributed by atoms with Gasteiger partial charge in [0.05, 0.1) is 25.9 Å². The van der Waals surface area contributed by atoms with E-state index < -0.39 is 0 Å². The van der Waals surface area contributed by atoms with Crippen molar-refractivity contribution in [3.63, 3.8) is 0 Å². The molecule has 1 fully saturated rings. The predicted molar refractivity (Wildman–Crippen MR) is 146 cm³/mol. The molecule has 2 unspecified atom stereocenters. The largest absolute Gasteiger partial charge is 0.491 e. The normalized spacial score (nSPS) is 17.8. The van der Waals surface area contributed by atoms with Crippen molar-refractivity contribution in [1.29, 1.82) is 0 Å². The van der Waals surface area contributed by atoms with Crippen LogP contribution in [0.25, 0.3) is 10.8 Å². The van der Waals surface area contributed by atoms with E-state index in [1.807, 2.05) is 6.07 Å². The van der Waals surface area contributed by atoms with Crippen molar-refractivity contribution >= 4 is 10.8 Å². The van der Waals surface area contributed by atoms with Crippen molar-refractivity contribution in [2.75, 3.05) is 32.9 Å². The maximum atomic E-state index is 6.44. The number of benzene rings is 4. The van der Waals surface area contributed by atoms with Gasteiger partial charge in [-0.1, -0.05) is 78.9 Å². The van der Waals surface area contributed by atoms with Crippen LogP contribution in [0.15, 0.2) is 97.1 Å². The SMILES string of the molecule is c1ccc(CCOCCOc2ccc(C3CCNCC3OCc3ccc4ccccc4c3)cc2)cc1. The van der Waals surface area contributed by atoms with Gasteiger partial charge in [-0.2, -0.15) is 0 Å². The van der Waals surface area contributed by atoms with E-state index in [-0.39, 0.29) is 6.10 Å². The Morgan fingerprint density at radius 3 is 2.39 bits per heavy atom. The highest BCUT2D eigenvalue weighted by atomic mass is 16.5. The molecule has 1 N–H and O–H groups in total. The molecule has 0 saturated carbocycles. The van der Waals surface area contributed by atoms with Crippen molar-refractivity contribution in [1.82, 2.24) is 5.32 Å². The summed E-state index contributed by atoms with van der Waals surface area (Å²) in [6.45, 7) is 4.37. The second kappa shape index (κ2) is 12.7. The van der Waals surface area contributed by atoms with Gasteiger partial charge in [-0.25, -0.2) is 0 Å². The number of hydrogen-bond acceptors (Lipinski definition) is 4. The lowest BCUT2D eigenvalue weighted by molar-refractivity contribution is 0.0106. The number of rotatable bonds is 11. The first-order valence-corrected chi connectivity index (χ1v) is 13.0. The Balaban J connectivity index is 1.09. The quantitative estimate of drug-likeness (QED) is 0.261. The average Bonchev–Trinajstić information content (AvgIpc) is 2.95. The Morgan fingerprint density at radius 1 is 0.722 bits per heavy atom. The lowest BCUT2D eigenvalue weighted by atomic mass is 9.87. The Kier molecular flexibility index (Phi) is 8.63. The molecule has 0 amide bonds. The first-order chi connectivity index (χ1) is 17.8. The van der Waals surface area contributed by atoms with Gasteiger partial charge in [-0.15, -0.1) is 0 Å². The van der Waals surface area contributed by atoms with E-state index in [0.717, 1.165) is 31.7 Å². The summed E-state index contributed by atoms with van der Waals surface area (Å²) in [6, 6.07) is 34.0. The summed E-state index contributed by atoms with van der Waals surface area (Å²) in [5.41, 5.74) is 3.82. The summed E-state index contributed by atoms with van der Waals surface area (Å²) in [5.74, 6) is 1.26. The van der Waals surface area contributed by atoms with Crippen LogP contribution in [0.5, 0.6) is 5.75 Å². The molecule has 0 spiro atoms. The zero-order valence-corrected chi connectivity index (χ0v) is 20.8. The van der Waals surface area contributed by atoms with E-state index in [4.69, 9.17) is 14.2 Å². The third-order valence-corrected chi connectivity index (χ3v) is 6.89. The Bertz CT molecular complexity index is 1210. The minimum atomic E-state index is 0.148. The summed E-state index contributed by atoms with van der Waals surface area (Å²) < 4.78 is 18.1. The molecule has 1 saturated heterocycles. The van der Waals surface area contributed by atoms with Gasteiger partial charge in [-0.05, 0) is 65.0 Å². The standard InChI is InChI=1S/C32H35NO3/c1-2-6-25(7-3-1)17-19-34-20-21-35-30-14-12-28(13-15-30)31-16-18-33-23-32(31)36-24-26-10-11-27-8-4-5-9-29(27)22-26/h1-15,22,31-33H,16-21,23-24H2. The fourth-order valence-electron chi connectivity index (χ4n) is 4.88. The molecule has 1 aliphatic heterocycles. The molecular formula is C32H35NO3. The van der Waals surface area contributed by atoms with Crippen molar-refractivity contribution in [2.45, 2.75) is 31.5 Å². The molecule has 36 heavy (non-hydrogen) atoms. The van der Waals surface area contributed by atoms with Gasteiger partial charge >= 0.3 is 0 Å². The highest BCUT2D eigenvalue weighted by Gasteiger charge is 2.27. The third kappa shape index (κ3) is 6.73. The van der Waals surface area contributed by atoms with E-state index in [1.165, 1.54) is 27.5 Å². The minimum absolute atomic E-state index is 0.148. The zero-order valence-electron chi connectivity index (χ0n) is 20.8. The predicted octanol–water partition coefficient (Wildman–Crippen LogP) is 6.14. The number of hydrogen-bond donors (Lipinski definition) is 1. The van der Waals surface area contributed by atoms with Crippen molar-refractivity contribution in [2.24, 2.45) is 0 Å². The van der Waals surface area contributed by atoms with Gasteiger partial charge in [0.15, 0.2) is 0 Å². The molecular weight excluding hydrogens is 446 g/mol. The van der Waals surface area contributed by atoms with E-state index >= 15 is 0 Å². The van der Waals surface area contributed by atoms with E-state index in [1.54, 1.807) is 0 Å². The van der Waals surface area contributed by atoms with Crippen LogP contribution < -0.4 is 10.1 Å². The van der Waals surface area contributed by atoms with Gasteiger partial charge in [0.1, 0.15) is 12.4 Å². The molecule has 0 bridgehead atoms. The zero-order chi connectivity index (χ0) is 24.4. The number of ether oxygens (including phenoxy) is 3. The molecule has 4 heteroatoms. The maximum Gasteiger partial charge on any atom is 0.119 e. The van der Waals surface area contributed by atoms with Gasteiger partial charge in [0.25, 0.3) is 0 Å². The van der Waals surface area contributed by atoms with Gasteiger partial charge < -0.3 is 19.5 Å². The Hall–Kier alpha value is -3.18. The highest BCUT2D eigenvalue weighted by molar-refractivity contribution is 5.82. The second-order valence-electron chi connectivity index (χ2n) is 9.40. The molecule has 4 aromatic carbocycles. The Labute approximate surface area is 214 Å². The molecule has 1 heterocycles. The van der Waals surface area contributed by atoms with Crippen LogP contribution >= 0.6 is 0 Å². The van der Waals surface area contributed by atoms with Gasteiger partial charge in [0, 0.05) is 12.5 Å². The number of piperidine rings is 1. The maximum absolute atomic E-state index is 6.44. The summed E-state index contributed by atoms with van der Waals surface area (Å²) >= 11 is 0. The first-order valence-electron chi connectivity index (χ1n) is 13.0. The molecule has 0 aromatic heterocycles. The van der Waals surface area contributed by atoms with Crippen LogP contribution in [0.2, 0.25) is 0 Å². The second-order valence-corrected chi connectivity index (χ2v) is 9.40. The molecule has 0 radical (unpaired) electrons. The van der Waals surface area contributed by atoms with Crippen molar-refractivity contribution in [3.05, 3.63) is 114 Å². The molecule has 4 aromatic rings. The lowest BCUT2D eigenvalue weighted by Gasteiger charge is -2.32. The molecule has 0 aliphatic carbocycles. The van der Waals surface area contributed by atoms with Crippen molar-refractivity contribution < 1.29 is 14.2 Å². The number of nitrogens with one attached hydrogen (secondary N) is 1. The average molecular weight is 482 g/mol. The first kappa shape index (κ1) is 24.5. The summed E-state index contributed by atoms with van der Waals surface area (Å²) in [6.07, 6.45) is 2.14.